The monoisotopic (exact) mass is 730 g/mol. The van der Waals surface area contributed by atoms with Gasteiger partial charge in [-0.05, 0) is 73.1 Å². The molecule has 0 fully saturated rings. The maximum atomic E-state index is 7.65. The van der Waals surface area contributed by atoms with Gasteiger partial charge in [0, 0.05) is 0 Å². The van der Waals surface area contributed by atoms with E-state index in [0.717, 1.165) is 20.7 Å². The zero-order valence-corrected chi connectivity index (χ0v) is 35.2. The minimum atomic E-state index is -3.32. The van der Waals surface area contributed by atoms with Crippen molar-refractivity contribution < 1.29 is 20.6 Å². The second-order valence-corrected chi connectivity index (χ2v) is 34.6. The van der Waals surface area contributed by atoms with E-state index in [1.54, 1.807) is 0 Å². The third kappa shape index (κ3) is 9.34. The molecule has 0 heterocycles. The molecular weight excluding hydrogens is 681 g/mol. The van der Waals surface area contributed by atoms with Crippen molar-refractivity contribution in [1.29, 1.82) is 0 Å². The lowest BCUT2D eigenvalue weighted by Gasteiger charge is -2.46. The average Bonchev–Trinajstić information content (AvgIpc) is 3.05. The molecule has 0 aromatic heterocycles. The van der Waals surface area contributed by atoms with Crippen LogP contribution in [0.4, 0.5) is 0 Å². The molecule has 4 aromatic rings. The van der Waals surface area contributed by atoms with E-state index in [1.807, 2.05) is 84.2 Å². The van der Waals surface area contributed by atoms with Crippen molar-refractivity contribution in [2.45, 2.75) is 52.4 Å². The molecule has 0 aliphatic carbocycles. The summed E-state index contributed by atoms with van der Waals surface area (Å²) < 4.78 is 36.9. The number of benzene rings is 4. The third-order valence-corrected chi connectivity index (χ3v) is 32.4. The van der Waals surface area contributed by atoms with Crippen LogP contribution in [0.15, 0.2) is 146 Å². The molecule has 11 heteroatoms. The lowest BCUT2D eigenvalue weighted by molar-refractivity contribution is 0.297. The van der Waals surface area contributed by atoms with Crippen molar-refractivity contribution in [2.75, 3.05) is 0 Å². The van der Waals surface area contributed by atoms with Crippen molar-refractivity contribution in [3.8, 4) is 0 Å². The normalized spacial score (nSPS) is 17.4. The van der Waals surface area contributed by atoms with Crippen molar-refractivity contribution in [3.63, 3.8) is 0 Å². The predicted octanol–water partition coefficient (Wildman–Crippen LogP) is 6.85. The summed E-state index contributed by atoms with van der Waals surface area (Å²) in [4.78, 5) is 0. The molecule has 0 saturated carbocycles. The van der Waals surface area contributed by atoms with Crippen LogP contribution in [0.3, 0.4) is 0 Å². The standard InChI is InChI=1S/C36H50O5Si6/c1-11-42(3,4)37-44(7,33-25-17-13-18-26-33)39-46(9,35-29-21-15-22-30-35)41-47(10,36-31-23-16-24-32-36)40-45(8,38-43(5,6)12-2)34-27-19-14-20-28-34/h11-32H,1-2H2,3-10H3. The topological polar surface area (TPSA) is 46.2 Å². The molecule has 47 heavy (non-hydrogen) atoms. The van der Waals surface area contributed by atoms with Gasteiger partial charge in [0.05, 0.1) is 0 Å². The Hall–Kier alpha value is -2.54. The Labute approximate surface area is 289 Å². The molecule has 248 valence electrons. The second kappa shape index (κ2) is 14.9. The Morgan fingerprint density at radius 1 is 0.340 bits per heavy atom. The third-order valence-electron chi connectivity index (χ3n) is 8.26. The minimum absolute atomic E-state index is 1.01. The van der Waals surface area contributed by atoms with E-state index >= 15 is 0 Å². The summed E-state index contributed by atoms with van der Waals surface area (Å²) in [6.45, 7) is 25.5. The largest absolute Gasteiger partial charge is 0.430 e. The average molecular weight is 731 g/mol. The molecule has 0 N–H and O–H groups in total. The highest BCUT2D eigenvalue weighted by Gasteiger charge is 2.55. The van der Waals surface area contributed by atoms with Crippen molar-refractivity contribution in [2.24, 2.45) is 0 Å². The lowest BCUT2D eigenvalue weighted by atomic mass is 10.4. The van der Waals surface area contributed by atoms with Crippen LogP contribution in [0.2, 0.25) is 52.4 Å². The van der Waals surface area contributed by atoms with E-state index in [2.05, 4.69) is 114 Å². The second-order valence-electron chi connectivity index (χ2n) is 13.4. The molecular formula is C36H50O5Si6. The number of hydrogen-bond acceptors (Lipinski definition) is 5. The van der Waals surface area contributed by atoms with Gasteiger partial charge in [-0.2, -0.15) is 0 Å². The summed E-state index contributed by atoms with van der Waals surface area (Å²) in [5.74, 6) is 0. The predicted molar refractivity (Wildman–Crippen MR) is 212 cm³/mol. The van der Waals surface area contributed by atoms with Crippen molar-refractivity contribution in [3.05, 3.63) is 146 Å². The van der Waals surface area contributed by atoms with Crippen LogP contribution in [-0.4, -0.2) is 50.9 Å². The first-order valence-electron chi connectivity index (χ1n) is 16.1. The highest BCUT2D eigenvalue weighted by Crippen LogP contribution is 2.29. The van der Waals surface area contributed by atoms with Gasteiger partial charge in [-0.1, -0.05) is 133 Å². The van der Waals surface area contributed by atoms with Crippen LogP contribution < -0.4 is 20.7 Å². The fourth-order valence-corrected chi connectivity index (χ4v) is 32.5. The van der Waals surface area contributed by atoms with Gasteiger partial charge in [-0.3, -0.25) is 0 Å². The Balaban J connectivity index is 1.92. The molecule has 0 amide bonds. The maximum absolute atomic E-state index is 7.65. The van der Waals surface area contributed by atoms with Gasteiger partial charge < -0.3 is 20.6 Å². The van der Waals surface area contributed by atoms with Crippen LogP contribution in [0.5, 0.6) is 0 Å². The van der Waals surface area contributed by atoms with Crippen molar-refractivity contribution >= 4 is 71.6 Å². The first-order valence-corrected chi connectivity index (χ1v) is 31.3. The van der Waals surface area contributed by atoms with Crippen LogP contribution in [0, 0.1) is 0 Å². The minimum Gasteiger partial charge on any atom is -0.430 e. The Bertz CT molecular complexity index is 1490. The SMILES string of the molecule is C=C[Si](C)(C)O[Si](C)(O[Si](C)(O[Si](C)(O[Si](C)(O[Si](C)(C)C=C)c1ccccc1)c1ccccc1)c1ccccc1)c1ccccc1. The van der Waals surface area contributed by atoms with Crippen LogP contribution in [0.1, 0.15) is 0 Å². The fraction of sp³-hybridized carbons (Fsp3) is 0.222. The molecule has 0 spiro atoms. The lowest BCUT2D eigenvalue weighted by Crippen LogP contribution is -2.73. The summed E-state index contributed by atoms with van der Waals surface area (Å²) >= 11 is 0. The van der Waals surface area contributed by atoms with Crippen LogP contribution >= 0.6 is 0 Å². The van der Waals surface area contributed by atoms with E-state index in [4.69, 9.17) is 20.6 Å². The molecule has 4 unspecified atom stereocenters. The highest BCUT2D eigenvalue weighted by molar-refractivity contribution is 7.03. The number of rotatable bonds is 16. The molecule has 0 bridgehead atoms. The smallest absolute Gasteiger partial charge is 0.352 e. The number of hydrogen-bond donors (Lipinski definition) is 0. The Kier molecular flexibility index (Phi) is 11.8. The Morgan fingerprint density at radius 3 is 0.723 bits per heavy atom. The summed E-state index contributed by atoms with van der Waals surface area (Å²) in [7, 11) is -17.5. The maximum Gasteiger partial charge on any atom is 0.352 e. The van der Waals surface area contributed by atoms with E-state index < -0.39 is 50.9 Å². The molecule has 0 aliphatic rings. The molecule has 4 aromatic carbocycles. The zero-order valence-electron chi connectivity index (χ0n) is 29.2. The van der Waals surface area contributed by atoms with Gasteiger partial charge >= 0.3 is 34.2 Å². The van der Waals surface area contributed by atoms with Gasteiger partial charge in [0.25, 0.3) is 0 Å². The summed E-state index contributed by atoms with van der Waals surface area (Å²) in [6.07, 6.45) is 0. The summed E-state index contributed by atoms with van der Waals surface area (Å²) in [5.41, 5.74) is 3.94. The fourth-order valence-electron chi connectivity index (χ4n) is 5.72. The molecule has 0 aliphatic heterocycles. The van der Waals surface area contributed by atoms with Gasteiger partial charge in [0.2, 0.25) is 0 Å². The molecule has 0 radical (unpaired) electrons. The molecule has 4 rings (SSSR count). The van der Waals surface area contributed by atoms with Gasteiger partial charge in [0.1, 0.15) is 0 Å². The highest BCUT2D eigenvalue weighted by atomic mass is 28.5. The first-order chi connectivity index (χ1) is 22.1. The van der Waals surface area contributed by atoms with Gasteiger partial charge in [-0.25, -0.2) is 0 Å². The zero-order chi connectivity index (χ0) is 34.4. The van der Waals surface area contributed by atoms with E-state index in [1.165, 1.54) is 0 Å². The Morgan fingerprint density at radius 2 is 0.532 bits per heavy atom. The molecule has 0 saturated heterocycles. The summed E-state index contributed by atoms with van der Waals surface area (Å²) in [6, 6.07) is 41.3. The first kappa shape index (κ1) is 37.3. The summed E-state index contributed by atoms with van der Waals surface area (Å²) in [5, 5.41) is 4.13. The van der Waals surface area contributed by atoms with Gasteiger partial charge in [-0.15, -0.1) is 13.2 Å². The van der Waals surface area contributed by atoms with E-state index in [-0.39, 0.29) is 0 Å². The van der Waals surface area contributed by atoms with Gasteiger partial charge in [0.15, 0.2) is 16.6 Å². The van der Waals surface area contributed by atoms with Crippen LogP contribution in [-0.2, 0) is 20.6 Å². The van der Waals surface area contributed by atoms with E-state index in [0.29, 0.717) is 0 Å². The molecule has 5 nitrogen and oxygen atoms in total. The van der Waals surface area contributed by atoms with Crippen LogP contribution in [0.25, 0.3) is 0 Å². The van der Waals surface area contributed by atoms with E-state index in [9.17, 15) is 0 Å². The van der Waals surface area contributed by atoms with Crippen molar-refractivity contribution in [1.82, 2.24) is 0 Å². The quantitative estimate of drug-likeness (QED) is 0.118. The molecule has 4 atom stereocenters.